The number of nitrogens with zero attached hydrogens (tertiary/aromatic N) is 1. The topological polar surface area (TPSA) is 123 Å². The van der Waals surface area contributed by atoms with Crippen molar-refractivity contribution < 1.29 is 27.6 Å². The van der Waals surface area contributed by atoms with Gasteiger partial charge in [0.05, 0.1) is 25.2 Å². The van der Waals surface area contributed by atoms with Gasteiger partial charge in [0.15, 0.2) is 0 Å². The van der Waals surface area contributed by atoms with Gasteiger partial charge in [0.25, 0.3) is 0 Å². The van der Waals surface area contributed by atoms with Gasteiger partial charge in [0.1, 0.15) is 6.04 Å². The van der Waals surface area contributed by atoms with Crippen LogP contribution < -0.4 is 21.3 Å². The summed E-state index contributed by atoms with van der Waals surface area (Å²) in [5.74, 6) is -2.04. The molecular formula is C19H30F3N5O3. The summed E-state index contributed by atoms with van der Waals surface area (Å²) in [5.41, 5.74) is -1.21. The molecule has 3 unspecified atom stereocenters. The number of alkyl halides is 3. The molecule has 1 heterocycles. The number of rotatable bonds is 8. The highest BCUT2D eigenvalue weighted by atomic mass is 19.4. The van der Waals surface area contributed by atoms with Crippen molar-refractivity contribution >= 4 is 17.7 Å². The Kier molecular flexibility index (Phi) is 8.25. The summed E-state index contributed by atoms with van der Waals surface area (Å²) in [6.07, 6.45) is -3.83. The number of carbonyl (C=O) groups is 3. The van der Waals surface area contributed by atoms with Gasteiger partial charge in [-0.3, -0.25) is 19.7 Å². The Morgan fingerprint density at radius 1 is 1.30 bits per heavy atom. The molecule has 0 spiro atoms. The fourth-order valence-electron chi connectivity index (χ4n) is 3.34. The lowest BCUT2D eigenvalue weighted by atomic mass is 9.86. The van der Waals surface area contributed by atoms with Crippen LogP contribution in [-0.4, -0.2) is 54.6 Å². The van der Waals surface area contributed by atoms with E-state index in [4.69, 9.17) is 0 Å². The average molecular weight is 433 g/mol. The Balaban J connectivity index is 2.59. The van der Waals surface area contributed by atoms with Gasteiger partial charge in [-0.15, -0.1) is 0 Å². The van der Waals surface area contributed by atoms with Gasteiger partial charge < -0.3 is 16.0 Å². The van der Waals surface area contributed by atoms with Crippen molar-refractivity contribution in [1.29, 1.82) is 5.26 Å². The zero-order valence-corrected chi connectivity index (χ0v) is 17.9. The Morgan fingerprint density at radius 2 is 1.90 bits per heavy atom. The van der Waals surface area contributed by atoms with Crippen LogP contribution in [0.15, 0.2) is 0 Å². The van der Waals surface area contributed by atoms with E-state index in [9.17, 15) is 32.8 Å². The van der Waals surface area contributed by atoms with E-state index in [1.165, 1.54) is 0 Å². The van der Waals surface area contributed by atoms with E-state index in [0.29, 0.717) is 6.42 Å². The number of nitriles is 1. The SMILES string of the molecule is CC1(C)CC(CC(C#N)NC(=O)CNC(=O)C(NCC(F)(F)F)C(C)(C)C)C(=O)N1. The molecule has 0 aromatic heterocycles. The molecule has 0 aromatic carbocycles. The lowest BCUT2D eigenvalue weighted by Gasteiger charge is -2.30. The van der Waals surface area contributed by atoms with Crippen LogP contribution in [0.4, 0.5) is 13.2 Å². The minimum absolute atomic E-state index is 0.128. The van der Waals surface area contributed by atoms with Crippen molar-refractivity contribution in [3.8, 4) is 6.07 Å². The average Bonchev–Trinajstić information content (AvgIpc) is 2.81. The summed E-state index contributed by atoms with van der Waals surface area (Å²) >= 11 is 0. The first-order valence-electron chi connectivity index (χ1n) is 9.63. The van der Waals surface area contributed by atoms with E-state index in [1.54, 1.807) is 20.8 Å². The third kappa shape index (κ3) is 8.57. The van der Waals surface area contributed by atoms with E-state index in [1.807, 2.05) is 19.9 Å². The number of nitrogens with one attached hydrogen (secondary N) is 4. The molecule has 3 atom stereocenters. The number of halogens is 3. The third-order valence-electron chi connectivity index (χ3n) is 4.66. The summed E-state index contributed by atoms with van der Waals surface area (Å²) in [7, 11) is 0. The zero-order chi connectivity index (χ0) is 23.3. The molecule has 0 bridgehead atoms. The maximum atomic E-state index is 12.5. The number of amides is 3. The number of hydrogen-bond acceptors (Lipinski definition) is 5. The predicted octanol–water partition coefficient (Wildman–Crippen LogP) is 0.982. The second-order valence-corrected chi connectivity index (χ2v) is 9.27. The lowest BCUT2D eigenvalue weighted by molar-refractivity contribution is -0.136. The molecule has 0 saturated carbocycles. The molecule has 3 amide bonds. The highest BCUT2D eigenvalue weighted by Gasteiger charge is 2.39. The van der Waals surface area contributed by atoms with Gasteiger partial charge in [-0.2, -0.15) is 18.4 Å². The van der Waals surface area contributed by atoms with E-state index < -0.39 is 54.5 Å². The summed E-state index contributed by atoms with van der Waals surface area (Å²) in [6, 6.07) is -0.190. The molecule has 11 heteroatoms. The fraction of sp³-hybridized carbons (Fsp3) is 0.789. The molecule has 0 aromatic rings. The van der Waals surface area contributed by atoms with Crippen molar-refractivity contribution in [2.45, 2.75) is 71.3 Å². The van der Waals surface area contributed by atoms with Crippen LogP contribution in [0.3, 0.4) is 0 Å². The molecule has 1 rings (SSSR count). The van der Waals surface area contributed by atoms with Gasteiger partial charge in [-0.05, 0) is 32.1 Å². The molecule has 1 aliphatic heterocycles. The minimum Gasteiger partial charge on any atom is -0.351 e. The summed E-state index contributed by atoms with van der Waals surface area (Å²) < 4.78 is 37.5. The van der Waals surface area contributed by atoms with E-state index in [-0.39, 0.29) is 17.9 Å². The second-order valence-electron chi connectivity index (χ2n) is 9.27. The van der Waals surface area contributed by atoms with Crippen molar-refractivity contribution in [1.82, 2.24) is 21.3 Å². The van der Waals surface area contributed by atoms with Crippen LogP contribution >= 0.6 is 0 Å². The van der Waals surface area contributed by atoms with Gasteiger partial charge in [-0.25, -0.2) is 0 Å². The maximum Gasteiger partial charge on any atom is 0.401 e. The number of carbonyl (C=O) groups excluding carboxylic acids is 3. The normalized spacial score (nSPS) is 20.6. The van der Waals surface area contributed by atoms with Crippen molar-refractivity contribution in [2.75, 3.05) is 13.1 Å². The quantitative estimate of drug-likeness (QED) is 0.455. The minimum atomic E-state index is -4.48. The van der Waals surface area contributed by atoms with Gasteiger partial charge in [0, 0.05) is 11.5 Å². The first-order chi connectivity index (χ1) is 13.5. The molecule has 30 heavy (non-hydrogen) atoms. The first-order valence-corrected chi connectivity index (χ1v) is 9.63. The zero-order valence-electron chi connectivity index (χ0n) is 17.9. The Labute approximate surface area is 174 Å². The second kappa shape index (κ2) is 9.64. The highest BCUT2D eigenvalue weighted by molar-refractivity contribution is 5.88. The molecule has 170 valence electrons. The standard InChI is InChI=1S/C19H30F3N5O3/c1-17(2,3)14(25-10-19(20,21)22)16(30)24-9-13(28)26-12(8-23)6-11-7-18(4,5)27-15(11)29/h11-12,14,25H,6-7,9-10H2,1-5H3,(H,24,30)(H,26,28)(H,27,29). The fourth-order valence-corrected chi connectivity index (χ4v) is 3.34. The smallest absolute Gasteiger partial charge is 0.351 e. The van der Waals surface area contributed by atoms with Gasteiger partial charge in [-0.1, -0.05) is 20.8 Å². The van der Waals surface area contributed by atoms with Gasteiger partial charge in [0.2, 0.25) is 17.7 Å². The molecule has 0 aliphatic carbocycles. The van der Waals surface area contributed by atoms with Gasteiger partial charge >= 0.3 is 6.18 Å². The third-order valence-corrected chi connectivity index (χ3v) is 4.66. The molecule has 4 N–H and O–H groups in total. The van der Waals surface area contributed by atoms with Crippen LogP contribution in [0, 0.1) is 22.7 Å². The summed E-state index contributed by atoms with van der Waals surface area (Å²) in [4.78, 5) is 36.4. The van der Waals surface area contributed by atoms with Crippen LogP contribution in [0.5, 0.6) is 0 Å². The van der Waals surface area contributed by atoms with Crippen molar-refractivity contribution in [2.24, 2.45) is 11.3 Å². The monoisotopic (exact) mass is 433 g/mol. The Bertz CT molecular complexity index is 695. The van der Waals surface area contributed by atoms with E-state index >= 15 is 0 Å². The molecule has 0 radical (unpaired) electrons. The van der Waals surface area contributed by atoms with Crippen LogP contribution in [0.2, 0.25) is 0 Å². The Hall–Kier alpha value is -2.35. The predicted molar refractivity (Wildman–Crippen MR) is 103 cm³/mol. The molecule has 1 fully saturated rings. The number of hydrogen-bond donors (Lipinski definition) is 4. The van der Waals surface area contributed by atoms with Crippen LogP contribution in [0.25, 0.3) is 0 Å². The van der Waals surface area contributed by atoms with Crippen molar-refractivity contribution in [3.63, 3.8) is 0 Å². The van der Waals surface area contributed by atoms with Crippen LogP contribution in [-0.2, 0) is 14.4 Å². The highest BCUT2D eigenvalue weighted by Crippen LogP contribution is 2.27. The van der Waals surface area contributed by atoms with E-state index in [0.717, 1.165) is 0 Å². The summed E-state index contributed by atoms with van der Waals surface area (Å²) in [5, 5.41) is 19.0. The van der Waals surface area contributed by atoms with Crippen LogP contribution in [0.1, 0.15) is 47.5 Å². The first kappa shape index (κ1) is 25.7. The van der Waals surface area contributed by atoms with Crippen molar-refractivity contribution in [3.05, 3.63) is 0 Å². The molecular weight excluding hydrogens is 403 g/mol. The summed E-state index contributed by atoms with van der Waals surface area (Å²) in [6.45, 7) is 6.67. The Morgan fingerprint density at radius 3 is 2.33 bits per heavy atom. The molecule has 1 aliphatic rings. The maximum absolute atomic E-state index is 12.5. The molecule has 1 saturated heterocycles. The molecule has 8 nitrogen and oxygen atoms in total. The largest absolute Gasteiger partial charge is 0.401 e. The lowest BCUT2D eigenvalue weighted by Crippen LogP contribution is -2.55. The van der Waals surface area contributed by atoms with E-state index in [2.05, 4.69) is 21.3 Å².